The van der Waals surface area contributed by atoms with Crippen LogP contribution in [0, 0.1) is 0 Å². The number of para-hydroxylation sites is 1. The van der Waals surface area contributed by atoms with Crippen molar-refractivity contribution in [2.24, 2.45) is 0 Å². The zero-order chi connectivity index (χ0) is 14.8. The molecule has 0 bridgehead atoms. The van der Waals surface area contributed by atoms with E-state index in [2.05, 4.69) is 9.55 Å². The average Bonchev–Trinajstić information content (AvgIpc) is 2.81. The number of aromatic nitrogens is 2. The maximum Gasteiger partial charge on any atom is 0.111 e. The highest BCUT2D eigenvalue weighted by Crippen LogP contribution is 2.26. The molecule has 0 unspecified atom stereocenters. The molecule has 3 rings (SSSR count). The maximum absolute atomic E-state index is 6.35. The molecule has 2 nitrogen and oxygen atoms in total. The number of hydrogen-bond acceptors (Lipinski definition) is 1. The lowest BCUT2D eigenvalue weighted by Gasteiger charge is -2.09. The summed E-state index contributed by atoms with van der Waals surface area (Å²) in [6, 6.07) is 13.6. The highest BCUT2D eigenvalue weighted by atomic mass is 35.5. The predicted molar refractivity (Wildman–Crippen MR) is 89.7 cm³/mol. The van der Waals surface area contributed by atoms with E-state index in [1.165, 1.54) is 0 Å². The smallest absolute Gasteiger partial charge is 0.111 e. The molecule has 0 atom stereocenters. The average molecular weight is 340 g/mol. The first kappa shape index (κ1) is 14.7. The number of halogens is 3. The summed E-state index contributed by atoms with van der Waals surface area (Å²) in [6.45, 7) is 0.698. The van der Waals surface area contributed by atoms with Gasteiger partial charge in [0, 0.05) is 23.9 Å². The van der Waals surface area contributed by atoms with Gasteiger partial charge < -0.3 is 4.57 Å². The second-order valence-corrected chi connectivity index (χ2v) is 6.01. The van der Waals surface area contributed by atoms with Gasteiger partial charge in [0.15, 0.2) is 0 Å². The van der Waals surface area contributed by atoms with Crippen LogP contribution in [0.4, 0.5) is 0 Å². The van der Waals surface area contributed by atoms with E-state index in [-0.39, 0.29) is 0 Å². The van der Waals surface area contributed by atoms with E-state index in [1.807, 2.05) is 42.5 Å². The molecule has 2 aromatic carbocycles. The molecule has 0 saturated heterocycles. The van der Waals surface area contributed by atoms with Gasteiger partial charge in [-0.05, 0) is 29.8 Å². The Bertz CT molecular complexity index is 763. The van der Waals surface area contributed by atoms with Gasteiger partial charge in [-0.3, -0.25) is 0 Å². The van der Waals surface area contributed by atoms with E-state index in [9.17, 15) is 0 Å². The summed E-state index contributed by atoms with van der Waals surface area (Å²) in [4.78, 5) is 4.64. The summed E-state index contributed by atoms with van der Waals surface area (Å²) >= 11 is 18.2. The van der Waals surface area contributed by atoms with Crippen LogP contribution in [-0.2, 0) is 13.0 Å². The van der Waals surface area contributed by atoms with Crippen molar-refractivity contribution >= 4 is 45.8 Å². The van der Waals surface area contributed by atoms with Gasteiger partial charge in [0.2, 0.25) is 0 Å². The van der Waals surface area contributed by atoms with Gasteiger partial charge >= 0.3 is 0 Å². The van der Waals surface area contributed by atoms with E-state index < -0.39 is 0 Å². The van der Waals surface area contributed by atoms with Crippen LogP contribution in [0.15, 0.2) is 42.5 Å². The number of hydrogen-bond donors (Lipinski definition) is 0. The van der Waals surface area contributed by atoms with E-state index in [4.69, 9.17) is 34.8 Å². The predicted octanol–water partition coefficient (Wildman–Crippen LogP) is 5.17. The Balaban J connectivity index is 2.10. The lowest BCUT2D eigenvalue weighted by Crippen LogP contribution is -2.06. The van der Waals surface area contributed by atoms with Gasteiger partial charge in [0.25, 0.3) is 0 Å². The fraction of sp³-hybridized carbons (Fsp3) is 0.188. The minimum Gasteiger partial charge on any atom is -0.322 e. The van der Waals surface area contributed by atoms with E-state index in [0.29, 0.717) is 23.9 Å². The standard InChI is InChI=1S/C16H13Cl3N2/c17-9-8-15-20-14-3-1-2-13(19)16(14)21(15)10-11-4-6-12(18)7-5-11/h1-7H,8-10H2. The third-order valence-corrected chi connectivity index (χ3v) is 4.11. The number of rotatable bonds is 4. The molecule has 21 heavy (non-hydrogen) atoms. The Morgan fingerprint density at radius 3 is 2.48 bits per heavy atom. The van der Waals surface area contributed by atoms with Crippen LogP contribution >= 0.6 is 34.8 Å². The Labute approximate surface area is 138 Å². The summed E-state index contributed by atoms with van der Waals surface area (Å²) in [5, 5.41) is 1.43. The second kappa shape index (κ2) is 6.27. The van der Waals surface area contributed by atoms with Crippen molar-refractivity contribution in [3.05, 3.63) is 63.9 Å². The van der Waals surface area contributed by atoms with Crippen molar-refractivity contribution in [1.82, 2.24) is 9.55 Å². The van der Waals surface area contributed by atoms with Gasteiger partial charge in [-0.1, -0.05) is 41.4 Å². The van der Waals surface area contributed by atoms with E-state index in [0.717, 1.165) is 27.4 Å². The molecule has 0 fully saturated rings. The van der Waals surface area contributed by atoms with Gasteiger partial charge in [0.05, 0.1) is 16.1 Å². The normalized spacial score (nSPS) is 11.2. The number of nitrogens with zero attached hydrogens (tertiary/aromatic N) is 2. The highest BCUT2D eigenvalue weighted by Gasteiger charge is 2.13. The Kier molecular flexibility index (Phi) is 4.39. The summed E-state index contributed by atoms with van der Waals surface area (Å²) in [7, 11) is 0. The third-order valence-electron chi connectivity index (χ3n) is 3.37. The largest absolute Gasteiger partial charge is 0.322 e. The first-order chi connectivity index (χ1) is 10.2. The third kappa shape index (κ3) is 3.03. The van der Waals surface area contributed by atoms with Crippen molar-refractivity contribution in [3.63, 3.8) is 0 Å². The molecular formula is C16H13Cl3N2. The minimum atomic E-state index is 0.529. The molecule has 5 heteroatoms. The van der Waals surface area contributed by atoms with Gasteiger partial charge in [-0.15, -0.1) is 11.6 Å². The molecule has 0 aliphatic heterocycles. The molecule has 0 amide bonds. The summed E-state index contributed by atoms with van der Waals surface area (Å²) < 4.78 is 2.13. The molecule has 0 spiro atoms. The summed E-state index contributed by atoms with van der Waals surface area (Å²) in [5.74, 6) is 1.48. The molecule has 3 aromatic rings. The van der Waals surface area contributed by atoms with Crippen LogP contribution < -0.4 is 0 Å². The quantitative estimate of drug-likeness (QED) is 0.599. The molecule has 0 saturated carbocycles. The molecule has 108 valence electrons. The van der Waals surface area contributed by atoms with E-state index >= 15 is 0 Å². The Morgan fingerprint density at radius 2 is 1.76 bits per heavy atom. The van der Waals surface area contributed by atoms with Gasteiger partial charge in [-0.2, -0.15) is 0 Å². The van der Waals surface area contributed by atoms with Crippen LogP contribution in [-0.4, -0.2) is 15.4 Å². The monoisotopic (exact) mass is 338 g/mol. The van der Waals surface area contributed by atoms with Crippen LogP contribution in [0.3, 0.4) is 0 Å². The maximum atomic E-state index is 6.35. The second-order valence-electron chi connectivity index (χ2n) is 4.79. The zero-order valence-electron chi connectivity index (χ0n) is 11.2. The molecule has 0 aliphatic rings. The molecule has 0 N–H and O–H groups in total. The van der Waals surface area contributed by atoms with Crippen molar-refractivity contribution in [3.8, 4) is 0 Å². The molecule has 1 aromatic heterocycles. The number of alkyl halides is 1. The molecule has 0 aliphatic carbocycles. The Morgan fingerprint density at radius 1 is 1.00 bits per heavy atom. The lowest BCUT2D eigenvalue weighted by molar-refractivity contribution is 0.755. The number of fused-ring (bicyclic) bond motifs is 1. The van der Waals surface area contributed by atoms with Crippen molar-refractivity contribution in [1.29, 1.82) is 0 Å². The fourth-order valence-corrected chi connectivity index (χ4v) is 2.97. The SMILES string of the molecule is ClCCc1nc2cccc(Cl)c2n1Cc1ccc(Cl)cc1. The van der Waals surface area contributed by atoms with Crippen molar-refractivity contribution in [2.45, 2.75) is 13.0 Å². The fourth-order valence-electron chi connectivity index (χ4n) is 2.41. The minimum absolute atomic E-state index is 0.529. The van der Waals surface area contributed by atoms with Crippen LogP contribution in [0.5, 0.6) is 0 Å². The van der Waals surface area contributed by atoms with Crippen molar-refractivity contribution < 1.29 is 0 Å². The van der Waals surface area contributed by atoms with E-state index in [1.54, 1.807) is 0 Å². The molecule has 0 radical (unpaired) electrons. The van der Waals surface area contributed by atoms with Gasteiger partial charge in [-0.25, -0.2) is 4.98 Å². The van der Waals surface area contributed by atoms with Crippen molar-refractivity contribution in [2.75, 3.05) is 5.88 Å². The molecular weight excluding hydrogens is 327 g/mol. The lowest BCUT2D eigenvalue weighted by atomic mass is 10.2. The zero-order valence-corrected chi connectivity index (χ0v) is 13.5. The highest BCUT2D eigenvalue weighted by molar-refractivity contribution is 6.35. The summed E-state index contributed by atoms with van der Waals surface area (Å²) in [6.07, 6.45) is 0.708. The molecule has 1 heterocycles. The number of imidazole rings is 1. The first-order valence-corrected chi connectivity index (χ1v) is 7.92. The number of benzene rings is 2. The van der Waals surface area contributed by atoms with Crippen LogP contribution in [0.1, 0.15) is 11.4 Å². The first-order valence-electron chi connectivity index (χ1n) is 6.63. The summed E-state index contributed by atoms with van der Waals surface area (Å²) in [5.41, 5.74) is 3.00. The van der Waals surface area contributed by atoms with Crippen LogP contribution in [0.25, 0.3) is 11.0 Å². The number of aryl methyl sites for hydroxylation is 1. The van der Waals surface area contributed by atoms with Crippen LogP contribution in [0.2, 0.25) is 10.0 Å². The topological polar surface area (TPSA) is 17.8 Å². The Hall–Kier alpha value is -1.22. The van der Waals surface area contributed by atoms with Gasteiger partial charge in [0.1, 0.15) is 5.82 Å².